The van der Waals surface area contributed by atoms with Gasteiger partial charge in [-0.2, -0.15) is 13.2 Å². The third-order valence-corrected chi connectivity index (χ3v) is 1.44. The number of rotatable bonds is 2. The van der Waals surface area contributed by atoms with Crippen molar-refractivity contribution in [3.63, 3.8) is 0 Å². The Bertz CT molecular complexity index is 211. The molecule has 6 heteroatoms. The molecule has 0 aliphatic heterocycles. The SMILES string of the molecule is CC(C)NC(=O)OC(C)(C)C(F)(F)F. The smallest absolute Gasteiger partial charge is 0.427 e. The molecule has 0 unspecified atom stereocenters. The molecule has 0 aliphatic carbocycles. The number of hydrogen-bond acceptors (Lipinski definition) is 2. The average molecular weight is 213 g/mol. The molecule has 1 N–H and O–H groups in total. The second-order valence-corrected chi connectivity index (χ2v) is 3.70. The largest absolute Gasteiger partial charge is 0.434 e. The summed E-state index contributed by atoms with van der Waals surface area (Å²) in [6.07, 6.45) is -5.64. The zero-order valence-electron chi connectivity index (χ0n) is 8.53. The van der Waals surface area contributed by atoms with Crippen LogP contribution in [0.25, 0.3) is 0 Å². The molecule has 1 amide bonds. The highest BCUT2D eigenvalue weighted by molar-refractivity contribution is 5.68. The van der Waals surface area contributed by atoms with Crippen molar-refractivity contribution in [1.82, 2.24) is 5.32 Å². The van der Waals surface area contributed by atoms with E-state index in [4.69, 9.17) is 0 Å². The van der Waals surface area contributed by atoms with E-state index in [9.17, 15) is 18.0 Å². The molecule has 0 aromatic heterocycles. The number of ether oxygens (including phenoxy) is 1. The molecule has 14 heavy (non-hydrogen) atoms. The van der Waals surface area contributed by atoms with Crippen molar-refractivity contribution in [2.24, 2.45) is 0 Å². The molecule has 0 aromatic rings. The summed E-state index contributed by atoms with van der Waals surface area (Å²) in [6, 6.07) is -0.258. The zero-order chi connectivity index (χ0) is 11.6. The standard InChI is InChI=1S/C8H14F3NO2/c1-5(2)12-6(13)14-7(3,4)8(9,10)11/h5H,1-4H3,(H,12,13). The number of carbonyl (C=O) groups is 1. The van der Waals surface area contributed by atoms with Gasteiger partial charge in [0.15, 0.2) is 0 Å². The Balaban J connectivity index is 4.30. The first-order chi connectivity index (χ1) is 6.06. The lowest BCUT2D eigenvalue weighted by atomic mass is 10.1. The fourth-order valence-electron chi connectivity index (χ4n) is 0.555. The van der Waals surface area contributed by atoms with E-state index in [1.807, 2.05) is 0 Å². The van der Waals surface area contributed by atoms with Crippen LogP contribution in [0.2, 0.25) is 0 Å². The predicted octanol–water partition coefficient (Wildman–Crippen LogP) is 2.46. The minimum Gasteiger partial charge on any atom is -0.434 e. The van der Waals surface area contributed by atoms with E-state index in [0.717, 1.165) is 13.8 Å². The highest BCUT2D eigenvalue weighted by Crippen LogP contribution is 2.32. The van der Waals surface area contributed by atoms with Gasteiger partial charge in [-0.25, -0.2) is 4.79 Å². The van der Waals surface area contributed by atoms with E-state index in [0.29, 0.717) is 0 Å². The molecule has 84 valence electrons. The van der Waals surface area contributed by atoms with Gasteiger partial charge in [0.2, 0.25) is 5.60 Å². The molecule has 0 spiro atoms. The lowest BCUT2D eigenvalue weighted by Gasteiger charge is -2.27. The van der Waals surface area contributed by atoms with Gasteiger partial charge in [0.25, 0.3) is 0 Å². The number of halogens is 3. The van der Waals surface area contributed by atoms with E-state index < -0.39 is 17.9 Å². The van der Waals surface area contributed by atoms with Crippen molar-refractivity contribution in [2.45, 2.75) is 45.5 Å². The first-order valence-electron chi connectivity index (χ1n) is 4.12. The van der Waals surface area contributed by atoms with Crippen LogP contribution in [0, 0.1) is 0 Å². The normalized spacial score (nSPS) is 12.9. The summed E-state index contributed by atoms with van der Waals surface area (Å²) in [5, 5.41) is 2.21. The molecule has 0 rings (SSSR count). The zero-order valence-corrected chi connectivity index (χ0v) is 8.53. The molecule has 0 saturated carbocycles. The van der Waals surface area contributed by atoms with Gasteiger partial charge in [-0.3, -0.25) is 0 Å². The molecule has 0 aromatic carbocycles. The van der Waals surface area contributed by atoms with E-state index in [2.05, 4.69) is 10.1 Å². The number of alkyl carbamates (subject to hydrolysis) is 1. The molecular weight excluding hydrogens is 199 g/mol. The van der Waals surface area contributed by atoms with Crippen molar-refractivity contribution in [2.75, 3.05) is 0 Å². The fourth-order valence-corrected chi connectivity index (χ4v) is 0.555. The van der Waals surface area contributed by atoms with Gasteiger partial charge in [0, 0.05) is 6.04 Å². The summed E-state index contributed by atoms with van der Waals surface area (Å²) in [4.78, 5) is 10.9. The van der Waals surface area contributed by atoms with E-state index in [1.165, 1.54) is 0 Å². The Kier molecular flexibility index (Phi) is 3.79. The quantitative estimate of drug-likeness (QED) is 0.765. The van der Waals surface area contributed by atoms with Gasteiger partial charge in [-0.15, -0.1) is 0 Å². The minimum absolute atomic E-state index is 0.258. The Hall–Kier alpha value is -0.940. The van der Waals surface area contributed by atoms with Crippen molar-refractivity contribution in [3.05, 3.63) is 0 Å². The maximum Gasteiger partial charge on any atom is 0.427 e. The Labute approximate surface area is 80.6 Å². The van der Waals surface area contributed by atoms with Crippen LogP contribution in [0.5, 0.6) is 0 Å². The summed E-state index contributed by atoms with van der Waals surface area (Å²) in [7, 11) is 0. The van der Waals surface area contributed by atoms with Crippen LogP contribution in [0.4, 0.5) is 18.0 Å². The Morgan fingerprint density at radius 1 is 1.29 bits per heavy atom. The van der Waals surface area contributed by atoms with Crippen LogP contribution >= 0.6 is 0 Å². The first kappa shape index (κ1) is 13.1. The van der Waals surface area contributed by atoms with Gasteiger partial charge in [0.05, 0.1) is 0 Å². The lowest BCUT2D eigenvalue weighted by molar-refractivity contribution is -0.244. The number of alkyl halides is 3. The van der Waals surface area contributed by atoms with Crippen molar-refractivity contribution in [3.8, 4) is 0 Å². The first-order valence-corrected chi connectivity index (χ1v) is 4.12. The highest BCUT2D eigenvalue weighted by atomic mass is 19.4. The van der Waals surface area contributed by atoms with Crippen LogP contribution in [-0.4, -0.2) is 23.9 Å². The van der Waals surface area contributed by atoms with Crippen molar-refractivity contribution in [1.29, 1.82) is 0 Å². The molecule has 0 atom stereocenters. The highest BCUT2D eigenvalue weighted by Gasteiger charge is 2.50. The number of carbonyl (C=O) groups excluding carboxylic acids is 1. The van der Waals surface area contributed by atoms with Crippen molar-refractivity contribution >= 4 is 6.09 Å². The average Bonchev–Trinajstić information content (AvgIpc) is 1.79. The molecular formula is C8H14F3NO2. The molecule has 0 radical (unpaired) electrons. The minimum atomic E-state index is -4.57. The second kappa shape index (κ2) is 4.06. The number of nitrogens with one attached hydrogen (secondary N) is 1. The summed E-state index contributed by atoms with van der Waals surface area (Å²) >= 11 is 0. The van der Waals surface area contributed by atoms with Gasteiger partial charge >= 0.3 is 12.3 Å². The summed E-state index contributed by atoms with van der Waals surface area (Å²) in [5.74, 6) is 0. The summed E-state index contributed by atoms with van der Waals surface area (Å²) in [5.41, 5.74) is -2.47. The maximum absolute atomic E-state index is 12.2. The molecule has 0 aliphatic rings. The maximum atomic E-state index is 12.2. The number of amides is 1. The van der Waals surface area contributed by atoms with Crippen LogP contribution in [0.1, 0.15) is 27.7 Å². The number of hydrogen-bond donors (Lipinski definition) is 1. The Morgan fingerprint density at radius 2 is 1.71 bits per heavy atom. The Morgan fingerprint density at radius 3 is 2.00 bits per heavy atom. The lowest BCUT2D eigenvalue weighted by Crippen LogP contribution is -2.46. The van der Waals surface area contributed by atoms with Crippen LogP contribution in [0.15, 0.2) is 0 Å². The second-order valence-electron chi connectivity index (χ2n) is 3.70. The summed E-state index contributed by atoms with van der Waals surface area (Å²) in [6.45, 7) is 4.85. The van der Waals surface area contributed by atoms with E-state index >= 15 is 0 Å². The van der Waals surface area contributed by atoms with Gasteiger partial charge in [-0.1, -0.05) is 0 Å². The van der Waals surface area contributed by atoms with E-state index in [-0.39, 0.29) is 6.04 Å². The molecule has 0 heterocycles. The van der Waals surface area contributed by atoms with Crippen LogP contribution in [-0.2, 0) is 4.74 Å². The summed E-state index contributed by atoms with van der Waals surface area (Å²) < 4.78 is 40.9. The van der Waals surface area contributed by atoms with Gasteiger partial charge in [0.1, 0.15) is 0 Å². The molecule has 0 bridgehead atoms. The molecule has 0 saturated heterocycles. The van der Waals surface area contributed by atoms with Crippen LogP contribution in [0.3, 0.4) is 0 Å². The van der Waals surface area contributed by atoms with Crippen molar-refractivity contribution < 1.29 is 22.7 Å². The molecule has 3 nitrogen and oxygen atoms in total. The predicted molar refractivity (Wildman–Crippen MR) is 44.9 cm³/mol. The third-order valence-electron chi connectivity index (χ3n) is 1.44. The monoisotopic (exact) mass is 213 g/mol. The van der Waals surface area contributed by atoms with Gasteiger partial charge in [-0.05, 0) is 27.7 Å². The molecule has 0 fully saturated rings. The fraction of sp³-hybridized carbons (Fsp3) is 0.875. The van der Waals surface area contributed by atoms with Crippen LogP contribution < -0.4 is 5.32 Å². The topological polar surface area (TPSA) is 38.3 Å². The van der Waals surface area contributed by atoms with Gasteiger partial charge < -0.3 is 10.1 Å². The third kappa shape index (κ3) is 3.85. The van der Waals surface area contributed by atoms with E-state index in [1.54, 1.807) is 13.8 Å².